The van der Waals surface area contributed by atoms with Crippen molar-refractivity contribution in [1.82, 2.24) is 0 Å². The van der Waals surface area contributed by atoms with Crippen molar-refractivity contribution < 1.29 is 4.74 Å². The Morgan fingerprint density at radius 1 is 1.62 bits per heavy atom. The standard InChI is InChI=1S/C12H18BrNOS/c13-12-7-9(8-16-12)11(14)5-1-3-10-4-2-6-15-10/h7-8,10-11H,1-6,14H2. The second kappa shape index (κ2) is 6.15. The smallest absolute Gasteiger partial charge is 0.0701 e. The zero-order chi connectivity index (χ0) is 11.4. The van der Waals surface area contributed by atoms with Gasteiger partial charge in [-0.05, 0) is 65.0 Å². The number of halogens is 1. The van der Waals surface area contributed by atoms with Gasteiger partial charge in [0.05, 0.1) is 9.89 Å². The van der Waals surface area contributed by atoms with Crippen molar-refractivity contribution in [2.75, 3.05) is 6.61 Å². The zero-order valence-electron chi connectivity index (χ0n) is 9.32. The number of thiophene rings is 1. The van der Waals surface area contributed by atoms with Crippen molar-refractivity contribution >= 4 is 27.3 Å². The molecule has 16 heavy (non-hydrogen) atoms. The number of ether oxygens (including phenoxy) is 1. The van der Waals surface area contributed by atoms with Crippen LogP contribution in [0.5, 0.6) is 0 Å². The van der Waals surface area contributed by atoms with Gasteiger partial charge < -0.3 is 10.5 Å². The van der Waals surface area contributed by atoms with Crippen LogP contribution >= 0.6 is 27.3 Å². The average molecular weight is 304 g/mol. The summed E-state index contributed by atoms with van der Waals surface area (Å²) in [5, 5.41) is 2.14. The lowest BCUT2D eigenvalue weighted by Crippen LogP contribution is -2.11. The molecule has 2 nitrogen and oxygen atoms in total. The van der Waals surface area contributed by atoms with Gasteiger partial charge in [0.1, 0.15) is 0 Å². The molecule has 2 rings (SSSR count). The molecule has 4 heteroatoms. The van der Waals surface area contributed by atoms with Crippen molar-refractivity contribution in [1.29, 1.82) is 0 Å². The molecule has 1 aliphatic rings. The third-order valence-electron chi connectivity index (χ3n) is 3.08. The first-order valence-corrected chi connectivity index (χ1v) is 7.54. The summed E-state index contributed by atoms with van der Waals surface area (Å²) in [6.07, 6.45) is 6.36. The van der Waals surface area contributed by atoms with Gasteiger partial charge in [0.15, 0.2) is 0 Å². The predicted octanol–water partition coefficient (Wildman–Crippen LogP) is 3.86. The van der Waals surface area contributed by atoms with E-state index in [0.717, 1.165) is 16.8 Å². The van der Waals surface area contributed by atoms with Gasteiger partial charge in [-0.1, -0.05) is 0 Å². The molecule has 2 unspecified atom stereocenters. The molecule has 0 saturated carbocycles. The van der Waals surface area contributed by atoms with Crippen LogP contribution in [-0.4, -0.2) is 12.7 Å². The summed E-state index contributed by atoms with van der Waals surface area (Å²) in [5.41, 5.74) is 7.39. The van der Waals surface area contributed by atoms with Crippen molar-refractivity contribution in [3.63, 3.8) is 0 Å². The van der Waals surface area contributed by atoms with Gasteiger partial charge >= 0.3 is 0 Å². The minimum Gasteiger partial charge on any atom is -0.378 e. The molecule has 90 valence electrons. The fourth-order valence-corrected chi connectivity index (χ4v) is 3.36. The van der Waals surface area contributed by atoms with Crippen LogP contribution in [0.2, 0.25) is 0 Å². The maximum atomic E-state index is 6.14. The molecular formula is C12H18BrNOS. The van der Waals surface area contributed by atoms with Gasteiger partial charge in [0.2, 0.25) is 0 Å². The molecule has 2 N–H and O–H groups in total. The highest BCUT2D eigenvalue weighted by atomic mass is 79.9. The van der Waals surface area contributed by atoms with Crippen LogP contribution in [0.1, 0.15) is 43.7 Å². The first-order chi connectivity index (χ1) is 7.75. The average Bonchev–Trinajstić information content (AvgIpc) is 2.89. The summed E-state index contributed by atoms with van der Waals surface area (Å²) in [7, 11) is 0. The van der Waals surface area contributed by atoms with Crippen LogP contribution in [0.25, 0.3) is 0 Å². The molecule has 0 aliphatic carbocycles. The van der Waals surface area contributed by atoms with Crippen LogP contribution in [0.4, 0.5) is 0 Å². The van der Waals surface area contributed by atoms with Crippen molar-refractivity contribution in [3.8, 4) is 0 Å². The summed E-state index contributed by atoms with van der Waals surface area (Å²) < 4.78 is 6.76. The minimum atomic E-state index is 0.184. The molecule has 1 aromatic heterocycles. The summed E-state index contributed by atoms with van der Waals surface area (Å²) in [6, 6.07) is 2.31. The normalized spacial score (nSPS) is 22.5. The Balaban J connectivity index is 1.69. The number of hydrogen-bond donors (Lipinski definition) is 1. The lowest BCUT2D eigenvalue weighted by Gasteiger charge is -2.12. The monoisotopic (exact) mass is 303 g/mol. The first-order valence-electron chi connectivity index (χ1n) is 5.87. The van der Waals surface area contributed by atoms with Gasteiger partial charge in [-0.25, -0.2) is 0 Å². The number of hydrogen-bond acceptors (Lipinski definition) is 3. The largest absolute Gasteiger partial charge is 0.378 e. The second-order valence-corrected chi connectivity index (χ2v) is 6.65. The van der Waals surface area contributed by atoms with Crippen molar-refractivity contribution in [3.05, 3.63) is 20.8 Å². The Bertz CT molecular complexity index is 323. The van der Waals surface area contributed by atoms with Crippen LogP contribution in [-0.2, 0) is 4.74 Å². The fraction of sp³-hybridized carbons (Fsp3) is 0.667. The van der Waals surface area contributed by atoms with Gasteiger partial charge in [-0.2, -0.15) is 0 Å². The summed E-state index contributed by atoms with van der Waals surface area (Å²) in [4.78, 5) is 0. The molecule has 2 heterocycles. The van der Waals surface area contributed by atoms with E-state index >= 15 is 0 Å². The molecule has 0 radical (unpaired) electrons. The van der Waals surface area contributed by atoms with Gasteiger partial charge in [0.25, 0.3) is 0 Å². The highest BCUT2D eigenvalue weighted by molar-refractivity contribution is 9.11. The highest BCUT2D eigenvalue weighted by Crippen LogP contribution is 2.27. The summed E-state index contributed by atoms with van der Waals surface area (Å²) >= 11 is 5.17. The molecule has 0 bridgehead atoms. The van der Waals surface area contributed by atoms with E-state index in [1.807, 2.05) is 0 Å². The maximum absolute atomic E-state index is 6.14. The van der Waals surface area contributed by atoms with Crippen LogP contribution in [0.3, 0.4) is 0 Å². The van der Waals surface area contributed by atoms with Crippen LogP contribution in [0, 0.1) is 0 Å². The molecule has 0 aromatic carbocycles. The number of rotatable bonds is 5. The van der Waals surface area contributed by atoms with E-state index < -0.39 is 0 Å². The zero-order valence-corrected chi connectivity index (χ0v) is 11.7. The lowest BCUT2D eigenvalue weighted by molar-refractivity contribution is 0.101. The quantitative estimate of drug-likeness (QED) is 0.896. The van der Waals surface area contributed by atoms with E-state index in [-0.39, 0.29) is 6.04 Å². The van der Waals surface area contributed by atoms with E-state index in [9.17, 15) is 0 Å². The van der Waals surface area contributed by atoms with Gasteiger partial charge in [0, 0.05) is 12.6 Å². The Labute approximate surface area is 109 Å². The van der Waals surface area contributed by atoms with E-state index in [4.69, 9.17) is 10.5 Å². The Morgan fingerprint density at radius 2 is 2.50 bits per heavy atom. The molecule has 1 aromatic rings. The Morgan fingerprint density at radius 3 is 3.12 bits per heavy atom. The van der Waals surface area contributed by atoms with Gasteiger partial charge in [-0.15, -0.1) is 11.3 Å². The Kier molecular flexibility index (Phi) is 4.82. The molecule has 2 atom stereocenters. The van der Waals surface area contributed by atoms with Crippen LogP contribution < -0.4 is 5.73 Å². The van der Waals surface area contributed by atoms with E-state index in [2.05, 4.69) is 27.4 Å². The molecule has 1 fully saturated rings. The lowest BCUT2D eigenvalue weighted by atomic mass is 10.0. The van der Waals surface area contributed by atoms with Crippen LogP contribution in [0.15, 0.2) is 15.2 Å². The fourth-order valence-electron chi connectivity index (χ4n) is 2.12. The minimum absolute atomic E-state index is 0.184. The van der Waals surface area contributed by atoms with E-state index in [0.29, 0.717) is 6.10 Å². The van der Waals surface area contributed by atoms with E-state index in [1.165, 1.54) is 31.2 Å². The van der Waals surface area contributed by atoms with Crippen molar-refractivity contribution in [2.45, 2.75) is 44.2 Å². The summed E-state index contributed by atoms with van der Waals surface area (Å²) in [6.45, 7) is 0.953. The third kappa shape index (κ3) is 3.55. The molecule has 1 saturated heterocycles. The van der Waals surface area contributed by atoms with E-state index in [1.54, 1.807) is 11.3 Å². The molecular weight excluding hydrogens is 286 g/mol. The first kappa shape index (κ1) is 12.6. The summed E-state index contributed by atoms with van der Waals surface area (Å²) in [5.74, 6) is 0. The highest BCUT2D eigenvalue weighted by Gasteiger charge is 2.15. The third-order valence-corrected chi connectivity index (χ3v) is 4.60. The molecule has 0 amide bonds. The topological polar surface area (TPSA) is 35.2 Å². The number of nitrogens with two attached hydrogens (primary N) is 1. The van der Waals surface area contributed by atoms with Crippen molar-refractivity contribution in [2.24, 2.45) is 5.73 Å². The Hall–Kier alpha value is 0.100. The van der Waals surface area contributed by atoms with Gasteiger partial charge in [-0.3, -0.25) is 0 Å². The molecule has 1 aliphatic heterocycles. The SMILES string of the molecule is NC(CCCC1CCCO1)c1csc(Br)c1. The maximum Gasteiger partial charge on any atom is 0.0701 e. The second-order valence-electron chi connectivity index (χ2n) is 4.36. The predicted molar refractivity (Wildman–Crippen MR) is 71.8 cm³/mol. The molecule has 0 spiro atoms.